The smallest absolute Gasteiger partial charge is 0.324 e. The van der Waals surface area contributed by atoms with E-state index in [1.54, 1.807) is 6.92 Å². The summed E-state index contributed by atoms with van der Waals surface area (Å²) in [6.45, 7) is 14.9. The van der Waals surface area contributed by atoms with Crippen LogP contribution < -0.4 is 0 Å². The first kappa shape index (κ1) is 18.4. The van der Waals surface area contributed by atoms with E-state index in [9.17, 15) is 9.46 Å². The molecule has 1 rings (SSSR count). The van der Waals surface area contributed by atoms with Crippen molar-refractivity contribution in [3.05, 3.63) is 34.9 Å². The molecule has 4 heteroatoms. The van der Waals surface area contributed by atoms with Crippen LogP contribution in [0.3, 0.4) is 0 Å². The van der Waals surface area contributed by atoms with Crippen molar-refractivity contribution in [2.75, 3.05) is 6.61 Å². The summed E-state index contributed by atoms with van der Waals surface area (Å²) >= 11 is 0. The van der Waals surface area contributed by atoms with Gasteiger partial charge in [0.15, 0.2) is 0 Å². The maximum absolute atomic E-state index is 12.0. The molecule has 3 nitrogen and oxygen atoms in total. The van der Waals surface area contributed by atoms with Gasteiger partial charge in [0.2, 0.25) is 0 Å². The molecule has 0 radical (unpaired) electrons. The van der Waals surface area contributed by atoms with Crippen LogP contribution in [0.5, 0.6) is 0 Å². The molecule has 1 N–H and O–H groups in total. The van der Waals surface area contributed by atoms with Gasteiger partial charge in [0.1, 0.15) is 0 Å². The van der Waals surface area contributed by atoms with Crippen molar-refractivity contribution in [3.63, 3.8) is 0 Å². The molecular weight excluding hydrogens is 283 g/mol. The van der Waals surface area contributed by atoms with Gasteiger partial charge in [0.25, 0.3) is 0 Å². The van der Waals surface area contributed by atoms with Gasteiger partial charge in [-0.15, -0.1) is 0 Å². The predicted molar refractivity (Wildman–Crippen MR) is 89.0 cm³/mol. The lowest BCUT2D eigenvalue weighted by atomic mass is 9.80. The van der Waals surface area contributed by atoms with Crippen molar-refractivity contribution < 1.29 is 14.0 Å². The van der Waals surface area contributed by atoms with E-state index < -0.39 is 7.60 Å². The van der Waals surface area contributed by atoms with Crippen LogP contribution in [0.4, 0.5) is 0 Å². The molecule has 0 aliphatic rings. The fourth-order valence-electron chi connectivity index (χ4n) is 2.13. The fraction of sp³-hybridized carbons (Fsp3) is 0.647. The van der Waals surface area contributed by atoms with Gasteiger partial charge in [-0.25, -0.2) is 0 Å². The van der Waals surface area contributed by atoms with E-state index in [1.165, 1.54) is 11.1 Å². The standard InChI is InChI=1S/C17H29O3P/c1-8-20-21(18,19)12-13-9-14(16(2,3)4)11-15(10-13)17(5,6)7/h9-11H,8,12H2,1-7H3,(H,18,19). The summed E-state index contributed by atoms with van der Waals surface area (Å²) in [5.74, 6) is 0. The molecule has 0 saturated heterocycles. The van der Waals surface area contributed by atoms with Crippen LogP contribution in [0.25, 0.3) is 0 Å². The molecule has 1 aromatic carbocycles. The first-order valence-corrected chi connectivity index (χ1v) is 9.23. The first-order chi connectivity index (χ1) is 9.35. The van der Waals surface area contributed by atoms with Crippen molar-refractivity contribution in [1.82, 2.24) is 0 Å². The summed E-state index contributed by atoms with van der Waals surface area (Å²) in [7, 11) is -3.56. The van der Waals surface area contributed by atoms with Crippen molar-refractivity contribution in [1.29, 1.82) is 0 Å². The molecule has 0 spiro atoms. The molecule has 0 saturated carbocycles. The Morgan fingerprint density at radius 1 is 1.00 bits per heavy atom. The van der Waals surface area contributed by atoms with Crippen LogP contribution in [0.1, 0.15) is 65.2 Å². The van der Waals surface area contributed by atoms with Gasteiger partial charge in [-0.2, -0.15) is 0 Å². The highest BCUT2D eigenvalue weighted by atomic mass is 31.2. The van der Waals surface area contributed by atoms with Crippen molar-refractivity contribution in [2.24, 2.45) is 0 Å². The zero-order chi connectivity index (χ0) is 16.5. The summed E-state index contributed by atoms with van der Waals surface area (Å²) in [6.07, 6.45) is 0.0633. The third-order valence-corrected chi connectivity index (χ3v) is 4.86. The average molecular weight is 312 g/mol. The topological polar surface area (TPSA) is 46.5 Å². The summed E-state index contributed by atoms with van der Waals surface area (Å²) in [6, 6.07) is 6.25. The van der Waals surface area contributed by atoms with E-state index in [-0.39, 0.29) is 23.6 Å². The fourth-order valence-corrected chi connectivity index (χ4v) is 3.27. The third kappa shape index (κ3) is 5.58. The molecule has 0 bridgehead atoms. The summed E-state index contributed by atoms with van der Waals surface area (Å²) in [4.78, 5) is 9.89. The second-order valence-corrected chi connectivity index (χ2v) is 9.48. The molecule has 1 aromatic rings. The highest BCUT2D eigenvalue weighted by Gasteiger charge is 2.24. The van der Waals surface area contributed by atoms with Crippen LogP contribution in [0.2, 0.25) is 0 Å². The highest BCUT2D eigenvalue weighted by molar-refractivity contribution is 7.51. The second-order valence-electron chi connectivity index (χ2n) is 7.63. The normalized spacial score (nSPS) is 15.8. The minimum Gasteiger partial charge on any atom is -0.324 e. The van der Waals surface area contributed by atoms with Crippen molar-refractivity contribution >= 4 is 7.60 Å². The predicted octanol–water partition coefficient (Wildman–Crippen LogP) is 5.00. The van der Waals surface area contributed by atoms with Gasteiger partial charge >= 0.3 is 7.60 Å². The lowest BCUT2D eigenvalue weighted by Crippen LogP contribution is -2.17. The summed E-state index contributed by atoms with van der Waals surface area (Å²) < 4.78 is 17.0. The van der Waals surface area contributed by atoms with Crippen molar-refractivity contribution in [3.8, 4) is 0 Å². The minimum absolute atomic E-state index is 0.00106. The van der Waals surface area contributed by atoms with E-state index in [0.29, 0.717) is 0 Å². The van der Waals surface area contributed by atoms with Crippen LogP contribution >= 0.6 is 7.60 Å². The molecule has 120 valence electrons. The molecule has 21 heavy (non-hydrogen) atoms. The molecule has 0 heterocycles. The Morgan fingerprint density at radius 3 is 1.76 bits per heavy atom. The lowest BCUT2D eigenvalue weighted by molar-refractivity contribution is 0.272. The van der Waals surface area contributed by atoms with Crippen LogP contribution in [-0.2, 0) is 26.1 Å². The third-order valence-electron chi connectivity index (χ3n) is 3.44. The van der Waals surface area contributed by atoms with Gasteiger partial charge < -0.3 is 9.42 Å². The van der Waals surface area contributed by atoms with Crippen molar-refractivity contribution in [2.45, 2.75) is 65.5 Å². The van der Waals surface area contributed by atoms with E-state index >= 15 is 0 Å². The molecule has 0 aliphatic carbocycles. The molecule has 1 unspecified atom stereocenters. The molecule has 0 aromatic heterocycles. The maximum atomic E-state index is 12.0. The SMILES string of the molecule is CCOP(=O)(O)Cc1cc(C(C)(C)C)cc(C(C)(C)C)c1. The molecule has 0 fully saturated rings. The van der Waals surface area contributed by atoms with E-state index in [1.807, 2.05) is 12.1 Å². The second kappa shape index (κ2) is 6.24. The monoisotopic (exact) mass is 312 g/mol. The molecule has 0 amide bonds. The van der Waals surface area contributed by atoms with E-state index in [0.717, 1.165) is 5.56 Å². The Labute approximate surface area is 129 Å². The molecular formula is C17H29O3P. The zero-order valence-corrected chi connectivity index (χ0v) is 15.3. The molecule has 0 aliphatic heterocycles. The Morgan fingerprint density at radius 2 is 1.43 bits per heavy atom. The van der Waals surface area contributed by atoms with E-state index in [4.69, 9.17) is 4.52 Å². The number of benzene rings is 1. The first-order valence-electron chi connectivity index (χ1n) is 7.46. The average Bonchev–Trinajstić information content (AvgIpc) is 2.25. The lowest BCUT2D eigenvalue weighted by Gasteiger charge is -2.26. The summed E-state index contributed by atoms with van der Waals surface area (Å²) in [5.41, 5.74) is 3.23. The summed E-state index contributed by atoms with van der Waals surface area (Å²) in [5, 5.41) is 0. The minimum atomic E-state index is -3.56. The Balaban J connectivity index is 3.30. The number of hydrogen-bond acceptors (Lipinski definition) is 2. The zero-order valence-electron chi connectivity index (χ0n) is 14.4. The van der Waals surface area contributed by atoms with Gasteiger partial charge in [0.05, 0.1) is 12.8 Å². The van der Waals surface area contributed by atoms with Crippen LogP contribution in [0, 0.1) is 0 Å². The number of hydrogen-bond donors (Lipinski definition) is 1. The Kier molecular flexibility index (Phi) is 5.47. The number of rotatable bonds is 4. The van der Waals surface area contributed by atoms with Gasteiger partial charge in [0, 0.05) is 0 Å². The Hall–Kier alpha value is -0.630. The van der Waals surface area contributed by atoms with Gasteiger partial charge in [-0.1, -0.05) is 59.7 Å². The van der Waals surface area contributed by atoms with Crippen LogP contribution in [-0.4, -0.2) is 11.5 Å². The molecule has 1 atom stereocenters. The van der Waals surface area contributed by atoms with E-state index in [2.05, 4.69) is 47.6 Å². The quantitative estimate of drug-likeness (QED) is 0.795. The Bertz CT molecular complexity index is 504. The van der Waals surface area contributed by atoms with Gasteiger partial charge in [-0.05, 0) is 34.4 Å². The van der Waals surface area contributed by atoms with Crippen LogP contribution in [0.15, 0.2) is 18.2 Å². The highest BCUT2D eigenvalue weighted by Crippen LogP contribution is 2.46. The maximum Gasteiger partial charge on any atom is 0.332 e. The largest absolute Gasteiger partial charge is 0.332 e. The van der Waals surface area contributed by atoms with Gasteiger partial charge in [-0.3, -0.25) is 4.57 Å².